The van der Waals surface area contributed by atoms with Crippen molar-refractivity contribution in [2.45, 2.75) is 13.5 Å². The van der Waals surface area contributed by atoms with Crippen LogP contribution in [-0.4, -0.2) is 36.2 Å². The molecule has 1 aromatic carbocycles. The fraction of sp³-hybridized carbons (Fsp3) is 0.294. The van der Waals surface area contributed by atoms with Crippen molar-refractivity contribution in [3.8, 4) is 17.0 Å². The molecule has 0 unspecified atom stereocenters. The molecule has 0 atom stereocenters. The molecule has 1 heterocycles. The highest BCUT2D eigenvalue weighted by molar-refractivity contribution is 5.64. The topological polar surface area (TPSA) is 74.7 Å². The van der Waals surface area contributed by atoms with Gasteiger partial charge in [-0.3, -0.25) is 0 Å². The highest BCUT2D eigenvalue weighted by Crippen LogP contribution is 2.26. The van der Waals surface area contributed by atoms with Crippen molar-refractivity contribution >= 4 is 12.3 Å². The molecule has 0 fully saturated rings. The lowest BCUT2D eigenvalue weighted by atomic mass is 10.1. The number of aromatic nitrogens is 2. The van der Waals surface area contributed by atoms with Crippen molar-refractivity contribution in [1.82, 2.24) is 9.66 Å². The molecule has 2 N–H and O–H groups in total. The Hall–Kier alpha value is -2.44. The van der Waals surface area contributed by atoms with Crippen LogP contribution in [0.3, 0.4) is 0 Å². The second-order valence-electron chi connectivity index (χ2n) is 4.82. The molecule has 23 heavy (non-hydrogen) atoms. The molecule has 0 bridgehead atoms. The van der Waals surface area contributed by atoms with Gasteiger partial charge >= 0.3 is 0 Å². The van der Waals surface area contributed by atoms with Crippen LogP contribution < -0.4 is 10.5 Å². The van der Waals surface area contributed by atoms with E-state index >= 15 is 0 Å². The molecule has 2 rings (SSSR count). The van der Waals surface area contributed by atoms with Gasteiger partial charge in [-0.05, 0) is 36.8 Å². The molecular formula is C17H22N4O2. The maximum Gasteiger partial charge on any atom is 0.153 e. The van der Waals surface area contributed by atoms with Crippen LogP contribution in [0.25, 0.3) is 17.3 Å². The summed E-state index contributed by atoms with van der Waals surface area (Å²) in [6, 6.07) is 5.86. The van der Waals surface area contributed by atoms with Crippen molar-refractivity contribution < 1.29 is 9.47 Å². The molecule has 0 saturated heterocycles. The van der Waals surface area contributed by atoms with Crippen molar-refractivity contribution in [2.24, 2.45) is 10.8 Å². The average Bonchev–Trinajstić information content (AvgIpc) is 2.98. The molecule has 6 heteroatoms. The summed E-state index contributed by atoms with van der Waals surface area (Å²) in [6.07, 6.45) is 5.22. The quantitative estimate of drug-likeness (QED) is 0.600. The van der Waals surface area contributed by atoms with Crippen LogP contribution in [0, 0.1) is 0 Å². The van der Waals surface area contributed by atoms with Crippen molar-refractivity contribution in [1.29, 1.82) is 0 Å². The molecule has 0 saturated carbocycles. The minimum absolute atomic E-state index is 0.427. The maximum absolute atomic E-state index is 5.78. The monoisotopic (exact) mass is 314 g/mol. The number of hydrogen-bond acceptors (Lipinski definition) is 5. The van der Waals surface area contributed by atoms with Crippen LogP contribution >= 0.6 is 0 Å². The first-order chi connectivity index (χ1) is 11.2. The number of benzene rings is 1. The Labute approximate surface area is 136 Å². The molecule has 0 aliphatic carbocycles. The summed E-state index contributed by atoms with van der Waals surface area (Å²) in [4.78, 5) is 4.54. The minimum atomic E-state index is 0.427. The van der Waals surface area contributed by atoms with Gasteiger partial charge in [-0.25, -0.2) is 9.66 Å². The predicted octanol–water partition coefficient (Wildman–Crippen LogP) is 2.53. The summed E-state index contributed by atoms with van der Waals surface area (Å²) in [5, 5.41) is 4.23. The van der Waals surface area contributed by atoms with E-state index in [4.69, 9.17) is 15.2 Å². The first-order valence-corrected chi connectivity index (χ1v) is 7.38. The van der Waals surface area contributed by atoms with Gasteiger partial charge in [-0.2, -0.15) is 5.10 Å². The van der Waals surface area contributed by atoms with E-state index in [-0.39, 0.29) is 0 Å². The van der Waals surface area contributed by atoms with Gasteiger partial charge in [0, 0.05) is 25.4 Å². The van der Waals surface area contributed by atoms with Crippen LogP contribution in [0.5, 0.6) is 5.75 Å². The summed E-state index contributed by atoms with van der Waals surface area (Å²) in [6.45, 7) is 7.06. The second kappa shape index (κ2) is 8.26. The highest BCUT2D eigenvalue weighted by Gasteiger charge is 2.10. The summed E-state index contributed by atoms with van der Waals surface area (Å²) in [5.41, 5.74) is 8.47. The Bertz CT molecular complexity index is 692. The molecule has 0 aliphatic rings. The average molecular weight is 314 g/mol. The third-order valence-electron chi connectivity index (χ3n) is 3.19. The van der Waals surface area contributed by atoms with Crippen molar-refractivity contribution in [3.63, 3.8) is 0 Å². The minimum Gasteiger partial charge on any atom is -0.491 e. The zero-order chi connectivity index (χ0) is 16.7. The standard InChI is InChI=1S/C17H22N4O2/c1-4-17-20-16(12-21(17)19-5-2)14-8-13(11-18)9-15(10-14)23-7-6-22-3/h4-5,8-10,12H,1,6-7,11,18H2,2-3H3/b19-5-. The van der Waals surface area contributed by atoms with E-state index in [1.54, 1.807) is 24.1 Å². The molecule has 122 valence electrons. The van der Waals surface area contributed by atoms with Gasteiger partial charge in [-0.1, -0.05) is 6.58 Å². The van der Waals surface area contributed by atoms with Crippen LogP contribution in [-0.2, 0) is 11.3 Å². The largest absolute Gasteiger partial charge is 0.491 e. The summed E-state index contributed by atoms with van der Waals surface area (Å²) in [5.74, 6) is 1.42. The summed E-state index contributed by atoms with van der Waals surface area (Å²) < 4.78 is 12.4. The number of rotatable bonds is 8. The highest BCUT2D eigenvalue weighted by atomic mass is 16.5. The van der Waals surface area contributed by atoms with Crippen molar-refractivity contribution in [2.75, 3.05) is 20.3 Å². The van der Waals surface area contributed by atoms with E-state index in [0.717, 1.165) is 22.6 Å². The van der Waals surface area contributed by atoms with Gasteiger partial charge in [0.15, 0.2) is 5.82 Å². The third-order valence-corrected chi connectivity index (χ3v) is 3.19. The molecule has 0 radical (unpaired) electrons. The zero-order valence-corrected chi connectivity index (χ0v) is 13.5. The Kier molecular flexibility index (Phi) is 6.08. The lowest BCUT2D eigenvalue weighted by Crippen LogP contribution is -2.05. The van der Waals surface area contributed by atoms with Crippen LogP contribution in [0.15, 0.2) is 36.1 Å². The van der Waals surface area contributed by atoms with Gasteiger partial charge in [0.25, 0.3) is 0 Å². The van der Waals surface area contributed by atoms with E-state index < -0.39 is 0 Å². The van der Waals surface area contributed by atoms with Gasteiger partial charge < -0.3 is 15.2 Å². The van der Waals surface area contributed by atoms with Crippen LogP contribution in [0.4, 0.5) is 0 Å². The third kappa shape index (κ3) is 4.28. The molecule has 1 aromatic heterocycles. The lowest BCUT2D eigenvalue weighted by molar-refractivity contribution is 0.146. The summed E-state index contributed by atoms with van der Waals surface area (Å²) >= 11 is 0. The van der Waals surface area contributed by atoms with Crippen molar-refractivity contribution in [3.05, 3.63) is 42.4 Å². The number of nitrogens with zero attached hydrogens (tertiary/aromatic N) is 3. The SMILES string of the molecule is C=Cc1nc(-c2cc(CN)cc(OCCOC)c2)cn1/N=C\C. The first-order valence-electron chi connectivity index (χ1n) is 7.38. The number of hydrogen-bond donors (Lipinski definition) is 1. The van der Waals surface area contributed by atoms with Gasteiger partial charge in [-0.15, -0.1) is 0 Å². The Morgan fingerprint density at radius 1 is 1.35 bits per heavy atom. The first kappa shape index (κ1) is 16.9. The smallest absolute Gasteiger partial charge is 0.153 e. The molecule has 2 aromatic rings. The second-order valence-corrected chi connectivity index (χ2v) is 4.82. The normalized spacial score (nSPS) is 11.1. The van der Waals surface area contributed by atoms with Gasteiger partial charge in [0.2, 0.25) is 0 Å². The molecule has 6 nitrogen and oxygen atoms in total. The predicted molar refractivity (Wildman–Crippen MR) is 92.6 cm³/mol. The Morgan fingerprint density at radius 2 is 2.17 bits per heavy atom. The molecule has 0 amide bonds. The molecule has 0 spiro atoms. The fourth-order valence-corrected chi connectivity index (χ4v) is 2.13. The van der Waals surface area contributed by atoms with E-state index in [0.29, 0.717) is 25.6 Å². The van der Waals surface area contributed by atoms with E-state index in [1.807, 2.05) is 31.3 Å². The number of methoxy groups -OCH3 is 1. The fourth-order valence-electron chi connectivity index (χ4n) is 2.13. The summed E-state index contributed by atoms with van der Waals surface area (Å²) in [7, 11) is 1.64. The number of imidazole rings is 1. The van der Waals surface area contributed by atoms with Crippen LogP contribution in [0.2, 0.25) is 0 Å². The molecular weight excluding hydrogens is 292 g/mol. The van der Waals surface area contributed by atoms with Gasteiger partial charge in [0.1, 0.15) is 12.4 Å². The Balaban J connectivity index is 2.37. The zero-order valence-electron chi connectivity index (χ0n) is 13.5. The van der Waals surface area contributed by atoms with Crippen LogP contribution in [0.1, 0.15) is 18.3 Å². The number of ether oxygens (including phenoxy) is 2. The van der Waals surface area contributed by atoms with E-state index in [9.17, 15) is 0 Å². The van der Waals surface area contributed by atoms with E-state index in [1.165, 1.54) is 0 Å². The maximum atomic E-state index is 5.78. The Morgan fingerprint density at radius 3 is 2.83 bits per heavy atom. The molecule has 0 aliphatic heterocycles. The lowest BCUT2D eigenvalue weighted by Gasteiger charge is -2.09. The number of nitrogens with two attached hydrogens (primary N) is 1. The van der Waals surface area contributed by atoms with Gasteiger partial charge in [0.05, 0.1) is 18.5 Å². The van der Waals surface area contributed by atoms with E-state index in [2.05, 4.69) is 16.7 Å².